The quantitative estimate of drug-likeness (QED) is 0.316. The molecule has 1 rings (SSSR count). The van der Waals surface area contributed by atoms with Crippen molar-refractivity contribution in [3.8, 4) is 0 Å². The molecule has 0 amide bonds. The molecule has 0 radical (unpaired) electrons. The van der Waals surface area contributed by atoms with Gasteiger partial charge in [-0.3, -0.25) is 0 Å². The summed E-state index contributed by atoms with van der Waals surface area (Å²) >= 11 is 0. The first kappa shape index (κ1) is 20.4. The molecule has 0 N–H and O–H groups in total. The summed E-state index contributed by atoms with van der Waals surface area (Å²) in [5, 5.41) is 0. The van der Waals surface area contributed by atoms with Crippen molar-refractivity contribution in [2.24, 2.45) is 0 Å². The molecule has 0 aromatic heterocycles. The van der Waals surface area contributed by atoms with Crippen LogP contribution in [0.3, 0.4) is 0 Å². The molecule has 1 heterocycles. The van der Waals surface area contributed by atoms with Gasteiger partial charge >= 0.3 is 0 Å². The van der Waals surface area contributed by atoms with E-state index in [2.05, 4.69) is 43.1 Å². The van der Waals surface area contributed by atoms with E-state index < -0.39 is 0 Å². The minimum atomic E-state index is 0.626. The Morgan fingerprint density at radius 3 is 1.78 bits per heavy atom. The average molecular weight is 323 g/mol. The van der Waals surface area contributed by atoms with Crippen molar-refractivity contribution in [1.29, 1.82) is 0 Å². The maximum atomic E-state index is 2.58. The SMILES string of the molecule is CCCCCCCCCCC1N(C)C=CN1CCCCCCC. The van der Waals surface area contributed by atoms with Gasteiger partial charge in [-0.25, -0.2) is 0 Å². The topological polar surface area (TPSA) is 6.48 Å². The molecule has 1 unspecified atom stereocenters. The normalized spacial score (nSPS) is 17.4. The summed E-state index contributed by atoms with van der Waals surface area (Å²) in [7, 11) is 2.24. The van der Waals surface area contributed by atoms with E-state index in [1.165, 1.54) is 96.4 Å². The Kier molecular flexibility index (Phi) is 12.2. The molecule has 0 aromatic carbocycles. The van der Waals surface area contributed by atoms with Gasteiger partial charge in [0.25, 0.3) is 0 Å². The molecule has 0 aliphatic carbocycles. The monoisotopic (exact) mass is 322 g/mol. The average Bonchev–Trinajstić information content (AvgIpc) is 2.90. The van der Waals surface area contributed by atoms with Crippen LogP contribution in [0.1, 0.15) is 104 Å². The zero-order valence-electron chi connectivity index (χ0n) is 16.2. The second-order valence-electron chi connectivity index (χ2n) is 7.36. The standard InChI is InChI=1S/C21H42N2/c1-4-6-8-10-11-12-13-15-17-21-22(3)19-20-23(21)18-16-14-9-7-5-2/h19-21H,4-18H2,1-3H3. The minimum Gasteiger partial charge on any atom is -0.359 e. The molecule has 136 valence electrons. The second kappa shape index (κ2) is 13.7. The van der Waals surface area contributed by atoms with Crippen LogP contribution in [-0.4, -0.2) is 29.6 Å². The molecule has 1 aliphatic rings. The number of nitrogens with zero attached hydrogens (tertiary/aromatic N) is 2. The van der Waals surface area contributed by atoms with Gasteiger partial charge in [0.2, 0.25) is 0 Å². The van der Waals surface area contributed by atoms with Crippen molar-refractivity contribution in [1.82, 2.24) is 9.80 Å². The Balaban J connectivity index is 2.06. The van der Waals surface area contributed by atoms with E-state index >= 15 is 0 Å². The van der Waals surface area contributed by atoms with Gasteiger partial charge in [-0.2, -0.15) is 0 Å². The molecule has 0 spiro atoms. The predicted molar refractivity (Wildman–Crippen MR) is 103 cm³/mol. The number of rotatable bonds is 15. The third-order valence-electron chi connectivity index (χ3n) is 5.18. The first-order chi connectivity index (χ1) is 11.3. The lowest BCUT2D eigenvalue weighted by Crippen LogP contribution is -2.37. The molecule has 0 bridgehead atoms. The van der Waals surface area contributed by atoms with E-state index in [1.807, 2.05) is 0 Å². The van der Waals surface area contributed by atoms with E-state index in [9.17, 15) is 0 Å². The lowest BCUT2D eigenvalue weighted by molar-refractivity contribution is 0.159. The highest BCUT2D eigenvalue weighted by Gasteiger charge is 2.22. The molecule has 1 aliphatic heterocycles. The molecule has 0 fully saturated rings. The summed E-state index contributed by atoms with van der Waals surface area (Å²) in [6, 6.07) is 0. The number of unbranched alkanes of at least 4 members (excludes halogenated alkanes) is 11. The molecular weight excluding hydrogens is 280 g/mol. The molecule has 23 heavy (non-hydrogen) atoms. The van der Waals surface area contributed by atoms with Crippen LogP contribution < -0.4 is 0 Å². The lowest BCUT2D eigenvalue weighted by atomic mass is 10.1. The van der Waals surface area contributed by atoms with E-state index in [0.29, 0.717) is 6.17 Å². The van der Waals surface area contributed by atoms with Crippen LogP contribution in [0.15, 0.2) is 12.4 Å². The van der Waals surface area contributed by atoms with Crippen molar-refractivity contribution in [3.63, 3.8) is 0 Å². The molecule has 0 saturated carbocycles. The van der Waals surface area contributed by atoms with Gasteiger partial charge in [0.05, 0.1) is 0 Å². The van der Waals surface area contributed by atoms with Crippen molar-refractivity contribution in [2.75, 3.05) is 13.6 Å². The van der Waals surface area contributed by atoms with Gasteiger partial charge in [0, 0.05) is 26.0 Å². The smallest absolute Gasteiger partial charge is 0.100 e. The van der Waals surface area contributed by atoms with Crippen molar-refractivity contribution >= 4 is 0 Å². The van der Waals surface area contributed by atoms with Crippen molar-refractivity contribution in [3.05, 3.63) is 12.4 Å². The van der Waals surface area contributed by atoms with Gasteiger partial charge in [-0.15, -0.1) is 0 Å². The van der Waals surface area contributed by atoms with Crippen molar-refractivity contribution in [2.45, 2.75) is 110 Å². The Morgan fingerprint density at radius 1 is 0.652 bits per heavy atom. The van der Waals surface area contributed by atoms with E-state index in [4.69, 9.17) is 0 Å². The highest BCUT2D eigenvalue weighted by atomic mass is 15.4. The van der Waals surface area contributed by atoms with Gasteiger partial charge in [0.1, 0.15) is 6.17 Å². The Bertz CT molecular complexity index is 288. The Morgan fingerprint density at radius 2 is 1.17 bits per heavy atom. The van der Waals surface area contributed by atoms with Crippen LogP contribution in [0.2, 0.25) is 0 Å². The van der Waals surface area contributed by atoms with Crippen LogP contribution >= 0.6 is 0 Å². The number of hydrogen-bond donors (Lipinski definition) is 0. The molecular formula is C21H42N2. The summed E-state index contributed by atoms with van der Waals surface area (Å²) < 4.78 is 0. The third-order valence-corrected chi connectivity index (χ3v) is 5.18. The summed E-state index contributed by atoms with van der Waals surface area (Å²) in [6.07, 6.45) is 24.8. The lowest BCUT2D eigenvalue weighted by Gasteiger charge is -2.30. The molecule has 2 heteroatoms. The maximum Gasteiger partial charge on any atom is 0.100 e. The summed E-state index contributed by atoms with van der Waals surface area (Å²) in [4.78, 5) is 4.99. The largest absolute Gasteiger partial charge is 0.359 e. The Labute approximate surface area is 146 Å². The van der Waals surface area contributed by atoms with E-state index in [0.717, 1.165) is 0 Å². The maximum absolute atomic E-state index is 2.58. The highest BCUT2D eigenvalue weighted by molar-refractivity contribution is 4.95. The summed E-state index contributed by atoms with van der Waals surface area (Å²) in [5.41, 5.74) is 0. The van der Waals surface area contributed by atoms with E-state index in [-0.39, 0.29) is 0 Å². The molecule has 2 nitrogen and oxygen atoms in total. The molecule has 0 saturated heterocycles. The summed E-state index contributed by atoms with van der Waals surface area (Å²) in [5.74, 6) is 0. The Hall–Kier alpha value is -0.660. The highest BCUT2D eigenvalue weighted by Crippen LogP contribution is 2.21. The minimum absolute atomic E-state index is 0.626. The van der Waals surface area contributed by atoms with Crippen LogP contribution in [0.25, 0.3) is 0 Å². The van der Waals surface area contributed by atoms with Crippen LogP contribution in [0.5, 0.6) is 0 Å². The predicted octanol–water partition coefficient (Wildman–Crippen LogP) is 6.53. The van der Waals surface area contributed by atoms with Crippen LogP contribution in [0, 0.1) is 0 Å². The fraction of sp³-hybridized carbons (Fsp3) is 0.905. The number of hydrogen-bond acceptors (Lipinski definition) is 2. The first-order valence-corrected chi connectivity index (χ1v) is 10.5. The zero-order valence-corrected chi connectivity index (χ0v) is 16.2. The second-order valence-corrected chi connectivity index (χ2v) is 7.36. The van der Waals surface area contributed by atoms with Crippen molar-refractivity contribution < 1.29 is 0 Å². The molecule has 0 aromatic rings. The third kappa shape index (κ3) is 9.27. The molecule has 1 atom stereocenters. The summed E-state index contributed by atoms with van der Waals surface area (Å²) in [6.45, 7) is 5.83. The van der Waals surface area contributed by atoms with Crippen LogP contribution in [-0.2, 0) is 0 Å². The van der Waals surface area contributed by atoms with Gasteiger partial charge in [-0.05, 0) is 19.3 Å². The van der Waals surface area contributed by atoms with Gasteiger partial charge < -0.3 is 9.80 Å². The van der Waals surface area contributed by atoms with Gasteiger partial charge in [-0.1, -0.05) is 84.5 Å². The van der Waals surface area contributed by atoms with Gasteiger partial charge in [0.15, 0.2) is 0 Å². The first-order valence-electron chi connectivity index (χ1n) is 10.5. The van der Waals surface area contributed by atoms with E-state index in [1.54, 1.807) is 0 Å². The fourth-order valence-corrected chi connectivity index (χ4v) is 3.58. The fourth-order valence-electron chi connectivity index (χ4n) is 3.58. The van der Waals surface area contributed by atoms with Crippen LogP contribution in [0.4, 0.5) is 0 Å². The zero-order chi connectivity index (χ0) is 16.8.